The topological polar surface area (TPSA) is 0 Å². The van der Waals surface area contributed by atoms with Crippen LogP contribution in [0.2, 0.25) is 0 Å². The lowest BCUT2D eigenvalue weighted by molar-refractivity contribution is 0.460. The molecule has 0 fully saturated rings. The van der Waals surface area contributed by atoms with Gasteiger partial charge in [-0.1, -0.05) is 47.2 Å². The van der Waals surface area contributed by atoms with E-state index in [1.165, 1.54) is 12.2 Å². The molecule has 73 valence electrons. The molecule has 0 heterocycles. The van der Waals surface area contributed by atoms with Crippen molar-refractivity contribution in [3.8, 4) is 0 Å². The summed E-state index contributed by atoms with van der Waals surface area (Å²) < 4.78 is 0.358. The molecular weight excluding hydrogens is 184 g/mol. The molecule has 0 N–H and O–H groups in total. The Balaban J connectivity index is 3.51. The Morgan fingerprint density at radius 2 is 1.75 bits per heavy atom. The number of thioether (sulfide) groups is 1. The van der Waals surface area contributed by atoms with Crippen LogP contribution < -0.4 is 0 Å². The van der Waals surface area contributed by atoms with Crippen molar-refractivity contribution in [1.82, 2.24) is 0 Å². The van der Waals surface area contributed by atoms with Crippen LogP contribution in [0.5, 0.6) is 0 Å². The number of hydrogen-bond acceptors (Lipinski definition) is 1. The van der Waals surface area contributed by atoms with Crippen LogP contribution in [-0.2, 0) is 0 Å². The minimum atomic E-state index is 0.275. The second kappa shape index (κ2) is 5.43. The average molecular weight is 205 g/mol. The molecule has 0 amide bonds. The summed E-state index contributed by atoms with van der Waals surface area (Å²) in [5.74, 6) is 2.02. The van der Waals surface area contributed by atoms with Crippen molar-refractivity contribution in [2.24, 2.45) is 11.3 Å². The smallest absolute Gasteiger partial charge is 0.0654 e. The zero-order valence-electron chi connectivity index (χ0n) is 8.89. The minimum absolute atomic E-state index is 0.275. The molecule has 0 aromatic carbocycles. The molecule has 1 atom stereocenters. The van der Waals surface area contributed by atoms with Crippen LogP contribution in [0.15, 0.2) is 0 Å². The van der Waals surface area contributed by atoms with Gasteiger partial charge in [-0.05, 0) is 23.5 Å². The average Bonchev–Trinajstić information content (AvgIpc) is 1.84. The van der Waals surface area contributed by atoms with Crippen LogP contribution in [0.3, 0.4) is 0 Å². The zero-order chi connectivity index (χ0) is 9.78. The predicted octanol–water partition coefficient (Wildman–Crippen LogP) is 4.34. The molecule has 0 spiro atoms. The van der Waals surface area contributed by atoms with Crippen LogP contribution in [-0.4, -0.2) is 10.3 Å². The van der Waals surface area contributed by atoms with Crippen molar-refractivity contribution in [3.05, 3.63) is 0 Å². The molecule has 0 aliphatic carbocycles. The summed E-state index contributed by atoms with van der Waals surface area (Å²) in [7, 11) is 0. The third kappa shape index (κ3) is 6.24. The van der Waals surface area contributed by atoms with Gasteiger partial charge in [-0.25, -0.2) is 0 Å². The van der Waals surface area contributed by atoms with Crippen molar-refractivity contribution >= 4 is 24.4 Å². The first kappa shape index (κ1) is 12.7. The van der Waals surface area contributed by atoms with E-state index in [2.05, 4.69) is 34.6 Å². The summed E-state index contributed by atoms with van der Waals surface area (Å²) in [5.41, 5.74) is 0.275. The summed E-state index contributed by atoms with van der Waals surface area (Å²) in [6.07, 6.45) is 1.29. The lowest BCUT2D eigenvalue weighted by Gasteiger charge is -2.25. The second-order valence-corrected chi connectivity index (χ2v) is 6.73. The maximum absolute atomic E-state index is 5.39. The maximum Gasteiger partial charge on any atom is 0.0654 e. The Hall–Kier alpha value is 0.700. The molecule has 1 unspecified atom stereocenters. The summed E-state index contributed by atoms with van der Waals surface area (Å²) in [5, 5.41) is 0. The van der Waals surface area contributed by atoms with E-state index in [0.29, 0.717) is 4.58 Å². The van der Waals surface area contributed by atoms with Crippen LogP contribution >= 0.6 is 24.4 Å². The highest BCUT2D eigenvalue weighted by atomic mass is 32.2. The number of rotatable bonds is 4. The molecule has 0 saturated carbocycles. The van der Waals surface area contributed by atoms with Crippen molar-refractivity contribution < 1.29 is 0 Å². The predicted molar refractivity (Wildman–Crippen MR) is 62.7 cm³/mol. The third-order valence-electron chi connectivity index (χ3n) is 1.67. The van der Waals surface area contributed by atoms with E-state index < -0.39 is 0 Å². The van der Waals surface area contributed by atoms with Crippen molar-refractivity contribution in [2.75, 3.05) is 5.75 Å². The molecule has 0 aliphatic rings. The zero-order valence-corrected chi connectivity index (χ0v) is 10.5. The van der Waals surface area contributed by atoms with E-state index in [9.17, 15) is 0 Å². The highest BCUT2D eigenvalue weighted by molar-refractivity contribution is 8.10. The van der Waals surface area contributed by atoms with Crippen molar-refractivity contribution in [1.29, 1.82) is 0 Å². The molecule has 1 radical (unpaired) electrons. The van der Waals surface area contributed by atoms with Gasteiger partial charge in [0.2, 0.25) is 0 Å². The normalized spacial score (nSPS) is 15.2. The monoisotopic (exact) mass is 205 g/mol. The summed E-state index contributed by atoms with van der Waals surface area (Å²) in [4.78, 5) is 0. The summed E-state index contributed by atoms with van der Waals surface area (Å²) in [6, 6.07) is 0. The maximum atomic E-state index is 5.39. The Morgan fingerprint density at radius 3 is 2.08 bits per heavy atom. The standard InChI is InChI=1S/C10H21S2/c1-8(2)6-7-12-9(11)10(3,4)5/h8-9H,6-7H2,1-5H3. The summed E-state index contributed by atoms with van der Waals surface area (Å²) in [6.45, 7) is 11.2. The molecule has 0 aliphatic heterocycles. The van der Waals surface area contributed by atoms with Gasteiger partial charge in [-0.15, -0.1) is 11.8 Å². The quantitative estimate of drug-likeness (QED) is 0.658. The van der Waals surface area contributed by atoms with Gasteiger partial charge >= 0.3 is 0 Å². The van der Waals surface area contributed by atoms with E-state index in [1.807, 2.05) is 11.8 Å². The second-order valence-electron chi connectivity index (χ2n) is 4.75. The molecule has 0 aromatic heterocycles. The first-order valence-electron chi connectivity index (χ1n) is 4.61. The molecule has 0 rings (SSSR count). The lowest BCUT2D eigenvalue weighted by Crippen LogP contribution is -2.17. The fourth-order valence-electron chi connectivity index (χ4n) is 0.661. The summed E-state index contributed by atoms with van der Waals surface area (Å²) >= 11 is 7.32. The van der Waals surface area contributed by atoms with Gasteiger partial charge in [-0.2, -0.15) is 0 Å². The van der Waals surface area contributed by atoms with Gasteiger partial charge in [0.1, 0.15) is 0 Å². The van der Waals surface area contributed by atoms with E-state index in [1.54, 1.807) is 0 Å². The van der Waals surface area contributed by atoms with Gasteiger partial charge in [0.25, 0.3) is 0 Å². The van der Waals surface area contributed by atoms with Crippen LogP contribution in [0.4, 0.5) is 0 Å². The highest BCUT2D eigenvalue weighted by Crippen LogP contribution is 2.33. The van der Waals surface area contributed by atoms with Gasteiger partial charge in [0.15, 0.2) is 0 Å². The Morgan fingerprint density at radius 1 is 1.25 bits per heavy atom. The largest absolute Gasteiger partial charge is 0.146 e. The van der Waals surface area contributed by atoms with E-state index in [0.717, 1.165) is 5.92 Å². The van der Waals surface area contributed by atoms with Gasteiger partial charge in [0, 0.05) is 0 Å². The molecule has 0 nitrogen and oxygen atoms in total. The van der Waals surface area contributed by atoms with Crippen LogP contribution in [0, 0.1) is 11.3 Å². The van der Waals surface area contributed by atoms with E-state index >= 15 is 0 Å². The molecule has 0 aromatic rings. The van der Waals surface area contributed by atoms with Crippen LogP contribution in [0.1, 0.15) is 41.0 Å². The van der Waals surface area contributed by atoms with Crippen molar-refractivity contribution in [3.63, 3.8) is 0 Å². The Bertz CT molecular complexity index is 113. The SMILES string of the molecule is CC(C)CCSC([S])C(C)(C)C. The van der Waals surface area contributed by atoms with E-state index in [4.69, 9.17) is 12.6 Å². The fourth-order valence-corrected chi connectivity index (χ4v) is 2.27. The van der Waals surface area contributed by atoms with E-state index in [-0.39, 0.29) is 5.41 Å². The molecule has 12 heavy (non-hydrogen) atoms. The molecule has 2 heteroatoms. The van der Waals surface area contributed by atoms with Crippen LogP contribution in [0.25, 0.3) is 0 Å². The fraction of sp³-hybridized carbons (Fsp3) is 1.00. The lowest BCUT2D eigenvalue weighted by atomic mass is 10.0. The van der Waals surface area contributed by atoms with Gasteiger partial charge in [0.05, 0.1) is 4.58 Å². The molecule has 0 bridgehead atoms. The molecule has 0 saturated heterocycles. The van der Waals surface area contributed by atoms with Crippen molar-refractivity contribution in [2.45, 2.75) is 45.6 Å². The van der Waals surface area contributed by atoms with Gasteiger partial charge < -0.3 is 0 Å². The minimum Gasteiger partial charge on any atom is -0.146 e. The first-order chi connectivity index (χ1) is 5.34. The Kier molecular flexibility index (Phi) is 5.75. The third-order valence-corrected chi connectivity index (χ3v) is 4.27. The number of hydrogen-bond donors (Lipinski definition) is 0. The Labute approximate surface area is 87.3 Å². The first-order valence-corrected chi connectivity index (χ1v) is 6.13. The van der Waals surface area contributed by atoms with Gasteiger partial charge in [-0.3, -0.25) is 0 Å². The molecular formula is C10H21S2. The highest BCUT2D eigenvalue weighted by Gasteiger charge is 2.21.